The summed E-state index contributed by atoms with van der Waals surface area (Å²) in [4.78, 5) is 0. The fourth-order valence-electron chi connectivity index (χ4n) is 2.23. The largest absolute Gasteiger partial charge is 0.494 e. The number of rotatable bonds is 7. The topological polar surface area (TPSA) is 33.3 Å². The Kier molecular flexibility index (Phi) is 6.81. The Morgan fingerprint density at radius 1 is 1.17 bits per heavy atom. The predicted octanol–water partition coefficient (Wildman–Crippen LogP) is 4.14. The van der Waals surface area contributed by atoms with Gasteiger partial charge >= 0.3 is 0 Å². The molecule has 3 nitrogen and oxygen atoms in total. The molecule has 0 aliphatic rings. The number of benzene rings is 2. The molecule has 2 aromatic rings. The standard InChI is InChI=1S/C18H21FN2OS/c1-2-22-17-11-4-3-7-14(17)8-6-12-20-18(23)21-16-10-5-9-15(19)13-16/h3-5,7,9-11,13H,2,6,8,12H2,1H3,(H2,20,21,23). The molecule has 0 atom stereocenters. The summed E-state index contributed by atoms with van der Waals surface area (Å²) in [6.07, 6.45) is 1.83. The highest BCUT2D eigenvalue weighted by Gasteiger charge is 2.03. The third kappa shape index (κ3) is 5.87. The summed E-state index contributed by atoms with van der Waals surface area (Å²) in [5.74, 6) is 0.654. The number of hydrogen-bond donors (Lipinski definition) is 2. The van der Waals surface area contributed by atoms with E-state index in [-0.39, 0.29) is 5.82 Å². The lowest BCUT2D eigenvalue weighted by molar-refractivity contribution is 0.336. The van der Waals surface area contributed by atoms with Gasteiger partial charge in [0.15, 0.2) is 5.11 Å². The van der Waals surface area contributed by atoms with Crippen molar-refractivity contribution in [1.82, 2.24) is 5.32 Å². The molecular weight excluding hydrogens is 311 g/mol. The van der Waals surface area contributed by atoms with E-state index < -0.39 is 0 Å². The normalized spacial score (nSPS) is 10.2. The fraction of sp³-hybridized carbons (Fsp3) is 0.278. The van der Waals surface area contributed by atoms with Gasteiger partial charge in [-0.1, -0.05) is 24.3 Å². The van der Waals surface area contributed by atoms with Crippen LogP contribution in [0.2, 0.25) is 0 Å². The van der Waals surface area contributed by atoms with Crippen molar-refractivity contribution in [3.63, 3.8) is 0 Å². The average Bonchev–Trinajstić information content (AvgIpc) is 2.53. The number of hydrogen-bond acceptors (Lipinski definition) is 2. The van der Waals surface area contributed by atoms with Gasteiger partial charge in [0.1, 0.15) is 11.6 Å². The predicted molar refractivity (Wildman–Crippen MR) is 96.6 cm³/mol. The van der Waals surface area contributed by atoms with Crippen LogP contribution in [0.4, 0.5) is 10.1 Å². The molecule has 0 heterocycles. The second-order valence-electron chi connectivity index (χ2n) is 5.04. The molecule has 0 radical (unpaired) electrons. The maximum absolute atomic E-state index is 13.1. The summed E-state index contributed by atoms with van der Waals surface area (Å²) < 4.78 is 18.7. The Balaban J connectivity index is 1.74. The van der Waals surface area contributed by atoms with Gasteiger partial charge in [0.25, 0.3) is 0 Å². The monoisotopic (exact) mass is 332 g/mol. The van der Waals surface area contributed by atoms with Gasteiger partial charge in [-0.05, 0) is 61.8 Å². The van der Waals surface area contributed by atoms with Crippen molar-refractivity contribution in [3.8, 4) is 5.75 Å². The third-order valence-corrected chi connectivity index (χ3v) is 3.51. The van der Waals surface area contributed by atoms with Crippen LogP contribution < -0.4 is 15.4 Å². The Labute approximate surface area is 141 Å². The van der Waals surface area contributed by atoms with Crippen LogP contribution in [0.3, 0.4) is 0 Å². The molecule has 0 unspecified atom stereocenters. The van der Waals surface area contributed by atoms with E-state index in [2.05, 4.69) is 16.7 Å². The summed E-state index contributed by atoms with van der Waals surface area (Å²) in [5.41, 5.74) is 1.84. The molecular formula is C18H21FN2OS. The molecule has 0 aliphatic carbocycles. The van der Waals surface area contributed by atoms with E-state index in [0.717, 1.165) is 25.1 Å². The molecule has 0 bridgehead atoms. The molecule has 0 amide bonds. The minimum atomic E-state index is -0.287. The zero-order valence-corrected chi connectivity index (χ0v) is 14.0. The van der Waals surface area contributed by atoms with Gasteiger partial charge < -0.3 is 15.4 Å². The number of ether oxygens (including phenoxy) is 1. The minimum Gasteiger partial charge on any atom is -0.494 e. The third-order valence-electron chi connectivity index (χ3n) is 3.26. The van der Waals surface area contributed by atoms with Crippen molar-refractivity contribution >= 4 is 23.0 Å². The summed E-state index contributed by atoms with van der Waals surface area (Å²) in [5, 5.41) is 6.59. The molecule has 0 aliphatic heterocycles. The second kappa shape index (κ2) is 9.10. The minimum absolute atomic E-state index is 0.287. The van der Waals surface area contributed by atoms with E-state index >= 15 is 0 Å². The Morgan fingerprint density at radius 3 is 2.78 bits per heavy atom. The summed E-state index contributed by atoms with van der Waals surface area (Å²) in [7, 11) is 0. The van der Waals surface area contributed by atoms with Crippen LogP contribution in [0, 0.1) is 5.82 Å². The summed E-state index contributed by atoms with van der Waals surface area (Å²) >= 11 is 5.21. The van der Waals surface area contributed by atoms with Crippen LogP contribution in [0.25, 0.3) is 0 Å². The van der Waals surface area contributed by atoms with Crippen LogP contribution >= 0.6 is 12.2 Å². The smallest absolute Gasteiger partial charge is 0.170 e. The number of aryl methyl sites for hydroxylation is 1. The van der Waals surface area contributed by atoms with Crippen molar-refractivity contribution in [2.24, 2.45) is 0 Å². The fourth-order valence-corrected chi connectivity index (χ4v) is 2.45. The van der Waals surface area contributed by atoms with Crippen LogP contribution in [-0.2, 0) is 6.42 Å². The van der Waals surface area contributed by atoms with Crippen LogP contribution in [0.1, 0.15) is 18.9 Å². The van der Waals surface area contributed by atoms with Crippen molar-refractivity contribution in [2.45, 2.75) is 19.8 Å². The highest BCUT2D eigenvalue weighted by Crippen LogP contribution is 2.19. The van der Waals surface area contributed by atoms with Gasteiger partial charge in [0.05, 0.1) is 6.61 Å². The first-order chi connectivity index (χ1) is 11.2. The molecule has 0 spiro atoms. The Bertz CT molecular complexity index is 648. The van der Waals surface area contributed by atoms with Crippen LogP contribution in [0.5, 0.6) is 5.75 Å². The highest BCUT2D eigenvalue weighted by atomic mass is 32.1. The van der Waals surface area contributed by atoms with Crippen molar-refractivity contribution in [2.75, 3.05) is 18.5 Å². The molecule has 0 aromatic heterocycles. The van der Waals surface area contributed by atoms with Crippen molar-refractivity contribution < 1.29 is 9.13 Å². The molecule has 23 heavy (non-hydrogen) atoms. The van der Waals surface area contributed by atoms with Gasteiger partial charge in [-0.2, -0.15) is 0 Å². The molecule has 2 rings (SSSR count). The Hall–Kier alpha value is -2.14. The lowest BCUT2D eigenvalue weighted by Gasteiger charge is -2.12. The lowest BCUT2D eigenvalue weighted by atomic mass is 10.1. The van der Waals surface area contributed by atoms with Crippen molar-refractivity contribution in [3.05, 3.63) is 59.9 Å². The van der Waals surface area contributed by atoms with Gasteiger partial charge in [0.2, 0.25) is 0 Å². The molecule has 5 heteroatoms. The van der Waals surface area contributed by atoms with Crippen LogP contribution in [0.15, 0.2) is 48.5 Å². The quantitative estimate of drug-likeness (QED) is 0.590. The first-order valence-corrected chi connectivity index (χ1v) is 8.11. The molecule has 0 fully saturated rings. The first kappa shape index (κ1) is 17.2. The average molecular weight is 332 g/mol. The van der Waals surface area contributed by atoms with Crippen molar-refractivity contribution in [1.29, 1.82) is 0 Å². The Morgan fingerprint density at radius 2 is 2.00 bits per heavy atom. The highest BCUT2D eigenvalue weighted by molar-refractivity contribution is 7.80. The van der Waals surface area contributed by atoms with E-state index in [9.17, 15) is 4.39 Å². The van der Waals surface area contributed by atoms with E-state index in [1.54, 1.807) is 12.1 Å². The van der Waals surface area contributed by atoms with Gasteiger partial charge in [-0.25, -0.2) is 4.39 Å². The first-order valence-electron chi connectivity index (χ1n) is 7.70. The maximum atomic E-state index is 13.1. The SMILES string of the molecule is CCOc1ccccc1CCCNC(=S)Nc1cccc(F)c1. The number of halogens is 1. The van der Waals surface area contributed by atoms with Gasteiger partial charge in [-0.15, -0.1) is 0 Å². The number of thiocarbonyl (C=S) groups is 1. The zero-order valence-electron chi connectivity index (χ0n) is 13.1. The molecule has 2 N–H and O–H groups in total. The van der Waals surface area contributed by atoms with E-state index in [1.807, 2.05) is 25.1 Å². The lowest BCUT2D eigenvalue weighted by Crippen LogP contribution is -2.29. The van der Waals surface area contributed by atoms with E-state index in [1.165, 1.54) is 17.7 Å². The number of para-hydroxylation sites is 1. The molecule has 0 saturated carbocycles. The second-order valence-corrected chi connectivity index (χ2v) is 5.44. The van der Waals surface area contributed by atoms with Gasteiger partial charge in [-0.3, -0.25) is 0 Å². The molecule has 0 saturated heterocycles. The van der Waals surface area contributed by atoms with Gasteiger partial charge in [0, 0.05) is 12.2 Å². The molecule has 122 valence electrons. The van der Waals surface area contributed by atoms with Crippen LogP contribution in [-0.4, -0.2) is 18.3 Å². The van der Waals surface area contributed by atoms with E-state index in [0.29, 0.717) is 17.4 Å². The number of nitrogens with one attached hydrogen (secondary N) is 2. The van der Waals surface area contributed by atoms with E-state index in [4.69, 9.17) is 17.0 Å². The maximum Gasteiger partial charge on any atom is 0.170 e. The number of anilines is 1. The summed E-state index contributed by atoms with van der Waals surface area (Å²) in [6.45, 7) is 3.38. The zero-order chi connectivity index (χ0) is 16.5. The molecule has 2 aromatic carbocycles. The summed E-state index contributed by atoms with van der Waals surface area (Å²) in [6, 6.07) is 14.3.